The third kappa shape index (κ3) is 2.74. The minimum atomic E-state index is 0.150. The topological polar surface area (TPSA) is 75.4 Å². The number of anilines is 2. The standard InChI is InChI=1S/C15H19N5O/c1-19(9-14(21)20-6-2-3-7-20)15-12-5-4-11(16)8-13(12)17-10-18-15/h4-5,8,10H,2-3,6-7,9,16H2,1H3. The second-order valence-corrected chi connectivity index (χ2v) is 5.42. The Morgan fingerprint density at radius 3 is 2.86 bits per heavy atom. The molecule has 2 N–H and O–H groups in total. The summed E-state index contributed by atoms with van der Waals surface area (Å²) in [6.07, 6.45) is 3.71. The average Bonchev–Trinajstić information content (AvgIpc) is 3.00. The van der Waals surface area contributed by atoms with E-state index in [-0.39, 0.29) is 5.91 Å². The monoisotopic (exact) mass is 285 g/mol. The molecule has 0 unspecified atom stereocenters. The highest BCUT2D eigenvalue weighted by Crippen LogP contribution is 2.23. The number of likely N-dealkylation sites (N-methyl/N-ethyl adjacent to an activating group) is 1. The van der Waals surface area contributed by atoms with Crippen molar-refractivity contribution in [1.82, 2.24) is 14.9 Å². The van der Waals surface area contributed by atoms with Gasteiger partial charge in [-0.05, 0) is 31.0 Å². The molecule has 1 amide bonds. The number of carbonyl (C=O) groups is 1. The summed E-state index contributed by atoms with van der Waals surface area (Å²) in [5, 5.41) is 0.906. The van der Waals surface area contributed by atoms with Crippen LogP contribution in [0.4, 0.5) is 11.5 Å². The number of hydrogen-bond acceptors (Lipinski definition) is 5. The molecule has 110 valence electrons. The Kier molecular flexibility index (Phi) is 3.60. The lowest BCUT2D eigenvalue weighted by molar-refractivity contribution is -0.128. The van der Waals surface area contributed by atoms with Gasteiger partial charge in [0, 0.05) is 31.2 Å². The van der Waals surface area contributed by atoms with Crippen molar-refractivity contribution in [3.63, 3.8) is 0 Å². The van der Waals surface area contributed by atoms with Gasteiger partial charge in [0.2, 0.25) is 5.91 Å². The van der Waals surface area contributed by atoms with E-state index >= 15 is 0 Å². The molecule has 0 atom stereocenters. The Morgan fingerprint density at radius 2 is 2.10 bits per heavy atom. The first-order valence-electron chi connectivity index (χ1n) is 7.14. The van der Waals surface area contributed by atoms with E-state index in [0.717, 1.165) is 42.7 Å². The van der Waals surface area contributed by atoms with E-state index in [1.165, 1.54) is 6.33 Å². The highest BCUT2D eigenvalue weighted by Gasteiger charge is 2.20. The summed E-state index contributed by atoms with van der Waals surface area (Å²) in [5.41, 5.74) is 7.24. The molecule has 6 heteroatoms. The van der Waals surface area contributed by atoms with Crippen LogP contribution in [-0.4, -0.2) is 47.5 Å². The summed E-state index contributed by atoms with van der Waals surface area (Å²) in [4.78, 5) is 24.6. The van der Waals surface area contributed by atoms with Crippen LogP contribution in [0.5, 0.6) is 0 Å². The molecule has 1 aliphatic rings. The molecule has 3 rings (SSSR count). The first kappa shape index (κ1) is 13.6. The molecule has 1 aromatic carbocycles. The molecule has 2 heterocycles. The van der Waals surface area contributed by atoms with Crippen LogP contribution in [0, 0.1) is 0 Å². The fourth-order valence-electron chi connectivity index (χ4n) is 2.71. The van der Waals surface area contributed by atoms with Crippen LogP contribution >= 0.6 is 0 Å². The highest BCUT2D eigenvalue weighted by molar-refractivity contribution is 5.92. The summed E-state index contributed by atoms with van der Waals surface area (Å²) >= 11 is 0. The van der Waals surface area contributed by atoms with Crippen LogP contribution in [0.25, 0.3) is 10.9 Å². The maximum Gasteiger partial charge on any atom is 0.242 e. The van der Waals surface area contributed by atoms with Crippen LogP contribution in [0.15, 0.2) is 24.5 Å². The fourth-order valence-corrected chi connectivity index (χ4v) is 2.71. The molecule has 0 bridgehead atoms. The van der Waals surface area contributed by atoms with Gasteiger partial charge in [0.15, 0.2) is 0 Å². The van der Waals surface area contributed by atoms with Crippen molar-refractivity contribution in [1.29, 1.82) is 0 Å². The number of hydrogen-bond donors (Lipinski definition) is 1. The number of rotatable bonds is 3. The van der Waals surface area contributed by atoms with Gasteiger partial charge in [0.05, 0.1) is 12.1 Å². The van der Waals surface area contributed by atoms with Gasteiger partial charge >= 0.3 is 0 Å². The van der Waals surface area contributed by atoms with Gasteiger partial charge in [-0.25, -0.2) is 9.97 Å². The zero-order chi connectivity index (χ0) is 14.8. The number of nitrogen functional groups attached to an aromatic ring is 1. The third-order valence-electron chi connectivity index (χ3n) is 3.83. The zero-order valence-electron chi connectivity index (χ0n) is 12.1. The zero-order valence-corrected chi connectivity index (χ0v) is 12.1. The smallest absolute Gasteiger partial charge is 0.242 e. The summed E-state index contributed by atoms with van der Waals surface area (Å²) < 4.78 is 0. The Bertz CT molecular complexity index is 666. The second kappa shape index (κ2) is 5.55. The summed E-state index contributed by atoms with van der Waals surface area (Å²) in [5.74, 6) is 0.907. The fraction of sp³-hybridized carbons (Fsp3) is 0.400. The second-order valence-electron chi connectivity index (χ2n) is 5.42. The molecular weight excluding hydrogens is 266 g/mol. The van der Waals surface area contributed by atoms with Crippen molar-refractivity contribution >= 4 is 28.3 Å². The first-order chi connectivity index (χ1) is 10.1. The van der Waals surface area contributed by atoms with Crippen LogP contribution < -0.4 is 10.6 Å². The number of benzene rings is 1. The first-order valence-corrected chi connectivity index (χ1v) is 7.14. The Labute approximate surface area is 123 Å². The molecule has 0 saturated carbocycles. The van der Waals surface area contributed by atoms with Crippen molar-refractivity contribution in [3.8, 4) is 0 Å². The van der Waals surface area contributed by atoms with Gasteiger partial charge in [-0.2, -0.15) is 0 Å². The van der Waals surface area contributed by atoms with Crippen molar-refractivity contribution in [2.75, 3.05) is 37.3 Å². The summed E-state index contributed by atoms with van der Waals surface area (Å²) in [7, 11) is 1.88. The Balaban J connectivity index is 1.84. The van der Waals surface area contributed by atoms with Crippen LogP contribution in [0.3, 0.4) is 0 Å². The molecule has 2 aromatic rings. The molecule has 0 spiro atoms. The van der Waals surface area contributed by atoms with E-state index in [1.54, 1.807) is 0 Å². The molecule has 1 aromatic heterocycles. The third-order valence-corrected chi connectivity index (χ3v) is 3.83. The predicted molar refractivity (Wildman–Crippen MR) is 83.0 cm³/mol. The molecule has 1 saturated heterocycles. The number of likely N-dealkylation sites (tertiary alicyclic amines) is 1. The van der Waals surface area contributed by atoms with Crippen molar-refractivity contribution in [3.05, 3.63) is 24.5 Å². The molecule has 1 aliphatic heterocycles. The van der Waals surface area contributed by atoms with Gasteiger partial charge < -0.3 is 15.5 Å². The van der Waals surface area contributed by atoms with E-state index in [0.29, 0.717) is 12.2 Å². The van der Waals surface area contributed by atoms with Crippen LogP contribution in [0.2, 0.25) is 0 Å². The Hall–Kier alpha value is -2.37. The lowest BCUT2D eigenvalue weighted by atomic mass is 10.2. The maximum atomic E-state index is 12.2. The van der Waals surface area contributed by atoms with Gasteiger partial charge in [-0.3, -0.25) is 4.79 Å². The van der Waals surface area contributed by atoms with E-state index < -0.39 is 0 Å². The summed E-state index contributed by atoms with van der Waals surface area (Å²) in [6.45, 7) is 2.07. The van der Waals surface area contributed by atoms with Gasteiger partial charge in [-0.15, -0.1) is 0 Å². The normalized spacial score (nSPS) is 14.6. The van der Waals surface area contributed by atoms with E-state index in [4.69, 9.17) is 5.73 Å². The summed E-state index contributed by atoms with van der Waals surface area (Å²) in [6, 6.07) is 5.54. The number of amides is 1. The van der Waals surface area contributed by atoms with Crippen molar-refractivity contribution in [2.24, 2.45) is 0 Å². The number of carbonyl (C=O) groups excluding carboxylic acids is 1. The molecule has 0 aliphatic carbocycles. The lowest BCUT2D eigenvalue weighted by Crippen LogP contribution is -2.37. The Morgan fingerprint density at radius 1 is 1.33 bits per heavy atom. The highest BCUT2D eigenvalue weighted by atomic mass is 16.2. The quantitative estimate of drug-likeness (QED) is 0.860. The maximum absolute atomic E-state index is 12.2. The molecule has 1 fully saturated rings. The minimum Gasteiger partial charge on any atom is -0.399 e. The van der Waals surface area contributed by atoms with Crippen LogP contribution in [0.1, 0.15) is 12.8 Å². The van der Waals surface area contributed by atoms with Crippen LogP contribution in [-0.2, 0) is 4.79 Å². The number of fused-ring (bicyclic) bond motifs is 1. The van der Waals surface area contributed by atoms with Gasteiger partial charge in [0.1, 0.15) is 12.1 Å². The number of nitrogens with zero attached hydrogens (tertiary/aromatic N) is 4. The number of nitrogens with two attached hydrogens (primary N) is 1. The van der Waals surface area contributed by atoms with E-state index in [1.807, 2.05) is 35.0 Å². The minimum absolute atomic E-state index is 0.150. The molecule has 0 radical (unpaired) electrons. The molecule has 6 nitrogen and oxygen atoms in total. The number of aromatic nitrogens is 2. The predicted octanol–water partition coefficient (Wildman–Crippen LogP) is 1.27. The molecule has 21 heavy (non-hydrogen) atoms. The van der Waals surface area contributed by atoms with Gasteiger partial charge in [0.25, 0.3) is 0 Å². The van der Waals surface area contributed by atoms with Crippen molar-refractivity contribution < 1.29 is 4.79 Å². The largest absolute Gasteiger partial charge is 0.399 e. The SMILES string of the molecule is CN(CC(=O)N1CCCC1)c1ncnc2cc(N)ccc12. The van der Waals surface area contributed by atoms with E-state index in [9.17, 15) is 4.79 Å². The average molecular weight is 285 g/mol. The van der Waals surface area contributed by atoms with Gasteiger partial charge in [-0.1, -0.05) is 0 Å². The van der Waals surface area contributed by atoms with E-state index in [2.05, 4.69) is 9.97 Å². The lowest BCUT2D eigenvalue weighted by Gasteiger charge is -2.22. The van der Waals surface area contributed by atoms with Crippen molar-refractivity contribution in [2.45, 2.75) is 12.8 Å². The molecular formula is C15H19N5O.